The van der Waals surface area contributed by atoms with Crippen LogP contribution >= 0.6 is 11.8 Å². The van der Waals surface area contributed by atoms with Crippen molar-refractivity contribution in [1.82, 2.24) is 0 Å². The number of rotatable bonds is 4. The lowest BCUT2D eigenvalue weighted by Crippen LogP contribution is -2.43. The molecule has 19 heavy (non-hydrogen) atoms. The Hall–Kier alpha value is -1.38. The SMILES string of the molecule is N#CC(N)(CSc1ccc2c(c1)OCCO2)C1CC1. The highest BCUT2D eigenvalue weighted by atomic mass is 32.2. The van der Waals surface area contributed by atoms with Gasteiger partial charge in [-0.15, -0.1) is 11.8 Å². The highest BCUT2D eigenvalue weighted by molar-refractivity contribution is 7.99. The minimum absolute atomic E-state index is 0.363. The minimum Gasteiger partial charge on any atom is -0.486 e. The van der Waals surface area contributed by atoms with Crippen LogP contribution in [0.4, 0.5) is 0 Å². The second-order valence-corrected chi connectivity index (χ2v) is 6.07. The van der Waals surface area contributed by atoms with Crippen molar-refractivity contribution in [2.24, 2.45) is 11.7 Å². The molecule has 0 radical (unpaired) electrons. The monoisotopic (exact) mass is 276 g/mol. The Bertz CT molecular complexity index is 525. The number of benzene rings is 1. The standard InChI is InChI=1S/C14H16N2O2S/c15-8-14(16,10-1-2-10)9-19-11-3-4-12-13(7-11)18-6-5-17-12/h3-4,7,10H,1-2,5-6,9,16H2. The lowest BCUT2D eigenvalue weighted by atomic mass is 10.00. The third-order valence-corrected chi connectivity index (χ3v) is 4.71. The average Bonchev–Trinajstić information content (AvgIpc) is 3.29. The second-order valence-electron chi connectivity index (χ2n) is 5.02. The summed E-state index contributed by atoms with van der Waals surface area (Å²) >= 11 is 1.61. The highest BCUT2D eigenvalue weighted by Crippen LogP contribution is 2.41. The summed E-state index contributed by atoms with van der Waals surface area (Å²) in [5.41, 5.74) is 5.45. The third kappa shape index (κ3) is 2.65. The van der Waals surface area contributed by atoms with Gasteiger partial charge in [-0.3, -0.25) is 0 Å². The highest BCUT2D eigenvalue weighted by Gasteiger charge is 2.42. The fourth-order valence-corrected chi connectivity index (χ4v) is 3.22. The lowest BCUT2D eigenvalue weighted by Gasteiger charge is -2.21. The van der Waals surface area contributed by atoms with Crippen LogP contribution in [0.3, 0.4) is 0 Å². The van der Waals surface area contributed by atoms with E-state index in [4.69, 9.17) is 15.2 Å². The van der Waals surface area contributed by atoms with Gasteiger partial charge in [0.05, 0.1) is 6.07 Å². The van der Waals surface area contributed by atoms with Crippen LogP contribution in [0.2, 0.25) is 0 Å². The molecule has 0 aromatic heterocycles. The van der Waals surface area contributed by atoms with E-state index in [0.29, 0.717) is 24.9 Å². The van der Waals surface area contributed by atoms with Gasteiger partial charge in [0, 0.05) is 10.6 Å². The first-order chi connectivity index (χ1) is 9.21. The van der Waals surface area contributed by atoms with E-state index in [0.717, 1.165) is 29.2 Å². The second kappa shape index (κ2) is 4.95. The molecule has 1 atom stereocenters. The first kappa shape index (κ1) is 12.6. The Labute approximate surface area is 116 Å². The van der Waals surface area contributed by atoms with E-state index in [1.165, 1.54) is 0 Å². The van der Waals surface area contributed by atoms with Crippen LogP contribution in [-0.4, -0.2) is 24.5 Å². The van der Waals surface area contributed by atoms with Crippen molar-refractivity contribution in [3.8, 4) is 17.6 Å². The Balaban J connectivity index is 1.68. The van der Waals surface area contributed by atoms with E-state index < -0.39 is 5.54 Å². The molecule has 100 valence electrons. The molecule has 0 bridgehead atoms. The molecule has 4 nitrogen and oxygen atoms in total. The fraction of sp³-hybridized carbons (Fsp3) is 0.500. The molecule has 2 N–H and O–H groups in total. The van der Waals surface area contributed by atoms with Gasteiger partial charge in [-0.05, 0) is 37.0 Å². The van der Waals surface area contributed by atoms with Crippen LogP contribution in [0.1, 0.15) is 12.8 Å². The molecule has 3 rings (SSSR count). The van der Waals surface area contributed by atoms with Crippen LogP contribution in [0.15, 0.2) is 23.1 Å². The number of nitrogens with two attached hydrogens (primary N) is 1. The Morgan fingerprint density at radius 2 is 2.05 bits per heavy atom. The van der Waals surface area contributed by atoms with E-state index >= 15 is 0 Å². The third-order valence-electron chi connectivity index (χ3n) is 3.51. The Morgan fingerprint density at radius 1 is 1.32 bits per heavy atom. The summed E-state index contributed by atoms with van der Waals surface area (Å²) < 4.78 is 11.0. The maximum Gasteiger partial charge on any atom is 0.162 e. The van der Waals surface area contributed by atoms with Crippen molar-refractivity contribution in [2.75, 3.05) is 19.0 Å². The van der Waals surface area contributed by atoms with Crippen LogP contribution in [-0.2, 0) is 0 Å². The minimum atomic E-state index is -0.697. The van der Waals surface area contributed by atoms with Crippen LogP contribution < -0.4 is 15.2 Å². The smallest absolute Gasteiger partial charge is 0.162 e. The predicted molar refractivity (Wildman–Crippen MR) is 73.4 cm³/mol. The summed E-state index contributed by atoms with van der Waals surface area (Å²) in [7, 11) is 0. The van der Waals surface area contributed by atoms with Gasteiger partial charge in [0.15, 0.2) is 11.5 Å². The Kier molecular flexibility index (Phi) is 3.29. The molecule has 1 aliphatic carbocycles. The molecular weight excluding hydrogens is 260 g/mol. The Morgan fingerprint density at radius 3 is 2.74 bits per heavy atom. The zero-order valence-electron chi connectivity index (χ0n) is 10.6. The van der Waals surface area contributed by atoms with E-state index in [9.17, 15) is 5.26 Å². The first-order valence-electron chi connectivity index (χ1n) is 6.44. The topological polar surface area (TPSA) is 68.3 Å². The van der Waals surface area contributed by atoms with Crippen LogP contribution in [0.25, 0.3) is 0 Å². The van der Waals surface area contributed by atoms with Crippen molar-refractivity contribution >= 4 is 11.8 Å². The quantitative estimate of drug-likeness (QED) is 0.854. The molecule has 1 aliphatic heterocycles. The molecule has 1 unspecified atom stereocenters. The molecule has 0 amide bonds. The first-order valence-corrected chi connectivity index (χ1v) is 7.42. The molecule has 1 aromatic carbocycles. The molecule has 1 heterocycles. The summed E-state index contributed by atoms with van der Waals surface area (Å²) in [6.45, 7) is 1.18. The lowest BCUT2D eigenvalue weighted by molar-refractivity contribution is 0.171. The molecule has 1 aromatic rings. The van der Waals surface area contributed by atoms with Crippen molar-refractivity contribution < 1.29 is 9.47 Å². The van der Waals surface area contributed by atoms with Gasteiger partial charge >= 0.3 is 0 Å². The van der Waals surface area contributed by atoms with Crippen LogP contribution in [0.5, 0.6) is 11.5 Å². The zero-order valence-corrected chi connectivity index (χ0v) is 11.4. The van der Waals surface area contributed by atoms with Gasteiger partial charge in [-0.2, -0.15) is 5.26 Å². The van der Waals surface area contributed by atoms with Gasteiger partial charge < -0.3 is 15.2 Å². The van der Waals surface area contributed by atoms with Crippen LogP contribution in [0, 0.1) is 17.2 Å². The van der Waals surface area contributed by atoms with E-state index in [1.54, 1.807) is 11.8 Å². The molecular formula is C14H16N2O2S. The van der Waals surface area contributed by atoms with Gasteiger partial charge in [-0.1, -0.05) is 0 Å². The van der Waals surface area contributed by atoms with E-state index in [-0.39, 0.29) is 0 Å². The predicted octanol–water partition coefficient (Wildman–Crippen LogP) is 2.18. The van der Waals surface area contributed by atoms with Crippen molar-refractivity contribution in [2.45, 2.75) is 23.3 Å². The molecule has 1 fully saturated rings. The number of nitriles is 1. The number of hydrogen-bond acceptors (Lipinski definition) is 5. The van der Waals surface area contributed by atoms with Crippen molar-refractivity contribution in [3.05, 3.63) is 18.2 Å². The normalized spacial score (nSPS) is 20.4. The zero-order chi connectivity index (χ0) is 13.3. The number of ether oxygens (including phenoxy) is 2. The van der Waals surface area contributed by atoms with Crippen molar-refractivity contribution in [3.63, 3.8) is 0 Å². The van der Waals surface area contributed by atoms with Gasteiger partial charge in [0.25, 0.3) is 0 Å². The maximum absolute atomic E-state index is 9.23. The van der Waals surface area contributed by atoms with E-state index in [2.05, 4.69) is 6.07 Å². The van der Waals surface area contributed by atoms with E-state index in [1.807, 2.05) is 18.2 Å². The summed E-state index contributed by atoms with van der Waals surface area (Å²) in [5, 5.41) is 9.23. The number of nitrogens with zero attached hydrogens (tertiary/aromatic N) is 1. The maximum atomic E-state index is 9.23. The molecule has 5 heteroatoms. The molecule has 2 aliphatic rings. The number of fused-ring (bicyclic) bond motifs is 1. The van der Waals surface area contributed by atoms with Crippen molar-refractivity contribution in [1.29, 1.82) is 5.26 Å². The van der Waals surface area contributed by atoms with Gasteiger partial charge in [0.2, 0.25) is 0 Å². The summed E-state index contributed by atoms with van der Waals surface area (Å²) in [5.74, 6) is 2.55. The molecule has 0 saturated heterocycles. The fourth-order valence-electron chi connectivity index (χ4n) is 2.16. The summed E-state index contributed by atoms with van der Waals surface area (Å²) in [4.78, 5) is 1.06. The summed E-state index contributed by atoms with van der Waals surface area (Å²) in [6.07, 6.45) is 2.15. The number of hydrogen-bond donors (Lipinski definition) is 1. The number of thioether (sulfide) groups is 1. The summed E-state index contributed by atoms with van der Waals surface area (Å²) in [6, 6.07) is 8.14. The molecule has 1 saturated carbocycles. The average molecular weight is 276 g/mol. The largest absolute Gasteiger partial charge is 0.486 e. The van der Waals surface area contributed by atoms with Gasteiger partial charge in [0.1, 0.15) is 18.8 Å². The molecule has 0 spiro atoms. The van der Waals surface area contributed by atoms with Gasteiger partial charge in [-0.25, -0.2) is 0 Å².